The molecule has 0 spiro atoms. The van der Waals surface area contributed by atoms with Crippen LogP contribution in [-0.4, -0.2) is 73.3 Å². The van der Waals surface area contributed by atoms with E-state index >= 15 is 0 Å². The van der Waals surface area contributed by atoms with Gasteiger partial charge >= 0.3 is 0 Å². The van der Waals surface area contributed by atoms with E-state index in [4.69, 9.17) is 33.2 Å². The van der Waals surface area contributed by atoms with Gasteiger partial charge in [-0.15, -0.1) is 0 Å². The molecule has 0 N–H and O–H groups in total. The summed E-state index contributed by atoms with van der Waals surface area (Å²) in [6.45, 7) is 6.39. The van der Waals surface area contributed by atoms with Gasteiger partial charge < -0.3 is 33.2 Å². The van der Waals surface area contributed by atoms with Gasteiger partial charge in [-0.25, -0.2) is 0 Å². The fraction of sp³-hybridized carbons (Fsp3) is 0.395. The first-order chi connectivity index (χ1) is 25.0. The molecule has 4 aromatic rings. The molecule has 0 unspecified atom stereocenters. The predicted octanol–water partition coefficient (Wildman–Crippen LogP) is 7.07. The Balaban J connectivity index is 1.23. The van der Waals surface area contributed by atoms with Gasteiger partial charge in [0.25, 0.3) is 0 Å². The van der Waals surface area contributed by atoms with E-state index in [2.05, 4.69) is 77.7 Å². The first-order valence-corrected chi connectivity index (χ1v) is 17.9. The van der Waals surface area contributed by atoms with Crippen LogP contribution in [0.4, 0.5) is 0 Å². The molecular formula is C43H49NO7. The highest BCUT2D eigenvalue weighted by Crippen LogP contribution is 2.40. The smallest absolute Gasteiger partial charge is 0.187 e. The predicted molar refractivity (Wildman–Crippen MR) is 194 cm³/mol. The Labute approximate surface area is 301 Å². The molecular weight excluding hydrogens is 642 g/mol. The third-order valence-electron chi connectivity index (χ3n) is 9.80. The normalized spacial score (nSPS) is 28.8. The topological polar surface area (TPSA) is 67.9 Å². The van der Waals surface area contributed by atoms with Gasteiger partial charge in [0.1, 0.15) is 30.5 Å². The molecule has 3 saturated heterocycles. The quantitative estimate of drug-likeness (QED) is 0.123. The standard InChI is InChI=1S/C43H49NO7/c1-43(2)50-40-37(49-42(45-3)41(40)51-43)25-24-35-38(47-28-33-20-12-6-13-21-33)39(48-29-34-22-14-7-15-23-34)36(30-46-27-32-18-10-5-11-19-32)44(35)26-31-16-8-4-9-17-31/h4-25,35-42H,26-30H2,1-3H3/t35-,36-,37-,38-,39+,40+,41+,42+/m0/s1. The summed E-state index contributed by atoms with van der Waals surface area (Å²) in [5.41, 5.74) is 4.53. The highest BCUT2D eigenvalue weighted by Gasteiger charge is 2.55. The van der Waals surface area contributed by atoms with Crippen molar-refractivity contribution >= 4 is 0 Å². The Morgan fingerprint density at radius 3 is 1.71 bits per heavy atom. The van der Waals surface area contributed by atoms with E-state index in [9.17, 15) is 0 Å². The highest BCUT2D eigenvalue weighted by molar-refractivity contribution is 5.21. The molecule has 0 bridgehead atoms. The van der Waals surface area contributed by atoms with Crippen LogP contribution in [0, 0.1) is 0 Å². The minimum atomic E-state index is -0.729. The number of nitrogens with zero attached hydrogens (tertiary/aromatic N) is 1. The van der Waals surface area contributed by atoms with Crippen molar-refractivity contribution in [2.75, 3.05) is 13.7 Å². The van der Waals surface area contributed by atoms with E-state index in [0.717, 1.165) is 16.7 Å². The number of fused-ring (bicyclic) bond motifs is 1. The van der Waals surface area contributed by atoms with E-state index in [1.165, 1.54) is 5.56 Å². The van der Waals surface area contributed by atoms with E-state index in [-0.39, 0.29) is 42.6 Å². The third-order valence-corrected chi connectivity index (χ3v) is 9.80. The Morgan fingerprint density at radius 2 is 1.14 bits per heavy atom. The highest BCUT2D eigenvalue weighted by atomic mass is 16.8. The SMILES string of the molecule is CO[C@@H]1O[C@@H](C=C[C@H]2[C@H](OCc3ccccc3)[C@H](OCc3ccccc3)[C@H](COCc3ccccc3)N2Cc2ccccc2)[C@H]2OC(C)(C)O[C@@H]12. The van der Waals surface area contributed by atoms with E-state index in [1.54, 1.807) is 7.11 Å². The summed E-state index contributed by atoms with van der Waals surface area (Å²) < 4.78 is 45.0. The van der Waals surface area contributed by atoms with Crippen molar-refractivity contribution in [2.45, 2.75) is 94.9 Å². The van der Waals surface area contributed by atoms with Gasteiger partial charge in [0, 0.05) is 13.7 Å². The van der Waals surface area contributed by atoms with Gasteiger partial charge in [0.2, 0.25) is 0 Å². The largest absolute Gasteiger partial charge is 0.375 e. The summed E-state index contributed by atoms with van der Waals surface area (Å²) in [5.74, 6) is -0.729. The second-order valence-corrected chi connectivity index (χ2v) is 13.9. The zero-order valence-electron chi connectivity index (χ0n) is 29.7. The molecule has 8 heteroatoms. The van der Waals surface area contributed by atoms with Crippen molar-refractivity contribution in [1.82, 2.24) is 4.90 Å². The summed E-state index contributed by atoms with van der Waals surface area (Å²) in [5, 5.41) is 0. The lowest BCUT2D eigenvalue weighted by molar-refractivity contribution is -0.221. The maximum Gasteiger partial charge on any atom is 0.187 e. The molecule has 268 valence electrons. The molecule has 3 heterocycles. The summed E-state index contributed by atoms with van der Waals surface area (Å²) in [4.78, 5) is 2.47. The Hall–Kier alpha value is -3.70. The van der Waals surface area contributed by atoms with Crippen molar-refractivity contribution in [1.29, 1.82) is 0 Å². The van der Waals surface area contributed by atoms with Gasteiger partial charge in [-0.2, -0.15) is 0 Å². The molecule has 0 radical (unpaired) electrons. The molecule has 0 aromatic heterocycles. The fourth-order valence-electron chi connectivity index (χ4n) is 7.40. The number of ether oxygens (including phenoxy) is 7. The zero-order chi connectivity index (χ0) is 35.0. The van der Waals surface area contributed by atoms with Crippen LogP contribution in [-0.2, 0) is 59.5 Å². The van der Waals surface area contributed by atoms with Crippen molar-refractivity contribution in [2.24, 2.45) is 0 Å². The van der Waals surface area contributed by atoms with Crippen LogP contribution < -0.4 is 0 Å². The summed E-state index contributed by atoms with van der Waals surface area (Å²) >= 11 is 0. The molecule has 3 aliphatic rings. The number of hydrogen-bond donors (Lipinski definition) is 0. The summed E-state index contributed by atoms with van der Waals surface area (Å²) in [6.07, 6.45) is 2.16. The molecule has 0 aliphatic carbocycles. The van der Waals surface area contributed by atoms with E-state index in [1.807, 2.05) is 74.5 Å². The summed E-state index contributed by atoms with van der Waals surface area (Å²) in [7, 11) is 1.64. The lowest BCUT2D eigenvalue weighted by Gasteiger charge is -2.30. The minimum absolute atomic E-state index is 0.123. The van der Waals surface area contributed by atoms with Crippen LogP contribution in [0.1, 0.15) is 36.1 Å². The average molecular weight is 692 g/mol. The number of likely N-dealkylation sites (tertiary alicyclic amines) is 1. The second kappa shape index (κ2) is 16.8. The van der Waals surface area contributed by atoms with Crippen molar-refractivity contribution in [3.05, 3.63) is 156 Å². The third kappa shape index (κ3) is 8.85. The van der Waals surface area contributed by atoms with Crippen molar-refractivity contribution in [3.8, 4) is 0 Å². The maximum absolute atomic E-state index is 6.95. The Bertz CT molecular complexity index is 1660. The first-order valence-electron chi connectivity index (χ1n) is 17.9. The van der Waals surface area contributed by atoms with Crippen LogP contribution in [0.3, 0.4) is 0 Å². The number of benzene rings is 4. The average Bonchev–Trinajstić information content (AvgIpc) is 3.75. The van der Waals surface area contributed by atoms with E-state index < -0.39 is 12.1 Å². The van der Waals surface area contributed by atoms with Gasteiger partial charge in [-0.3, -0.25) is 4.90 Å². The minimum Gasteiger partial charge on any atom is -0.375 e. The zero-order valence-corrected chi connectivity index (χ0v) is 29.7. The van der Waals surface area contributed by atoms with Crippen LogP contribution in [0.15, 0.2) is 133 Å². The molecule has 4 aromatic carbocycles. The van der Waals surface area contributed by atoms with Gasteiger partial charge in [-0.05, 0) is 36.1 Å². The van der Waals surface area contributed by atoms with Gasteiger partial charge in [0.15, 0.2) is 12.1 Å². The van der Waals surface area contributed by atoms with Crippen LogP contribution in [0.5, 0.6) is 0 Å². The van der Waals surface area contributed by atoms with Crippen LogP contribution >= 0.6 is 0 Å². The molecule has 7 rings (SSSR count). The maximum atomic E-state index is 6.95. The Morgan fingerprint density at radius 1 is 0.627 bits per heavy atom. The molecule has 8 nitrogen and oxygen atoms in total. The van der Waals surface area contributed by atoms with Crippen molar-refractivity contribution < 1.29 is 33.2 Å². The molecule has 3 fully saturated rings. The number of rotatable bonds is 15. The molecule has 3 aliphatic heterocycles. The van der Waals surface area contributed by atoms with Crippen molar-refractivity contribution in [3.63, 3.8) is 0 Å². The lowest BCUT2D eigenvalue weighted by Crippen LogP contribution is -2.42. The fourth-order valence-corrected chi connectivity index (χ4v) is 7.40. The first kappa shape index (κ1) is 35.7. The molecule has 0 amide bonds. The van der Waals surface area contributed by atoms with Gasteiger partial charge in [-0.1, -0.05) is 133 Å². The van der Waals surface area contributed by atoms with Crippen LogP contribution in [0.25, 0.3) is 0 Å². The number of methoxy groups -OCH3 is 1. The second-order valence-electron chi connectivity index (χ2n) is 13.9. The summed E-state index contributed by atoms with van der Waals surface area (Å²) in [6, 6.07) is 41.1. The molecule has 51 heavy (non-hydrogen) atoms. The number of hydrogen-bond acceptors (Lipinski definition) is 8. The molecule has 8 atom stereocenters. The monoisotopic (exact) mass is 691 g/mol. The van der Waals surface area contributed by atoms with Gasteiger partial charge in [0.05, 0.1) is 38.5 Å². The molecule has 0 saturated carbocycles. The van der Waals surface area contributed by atoms with E-state index in [0.29, 0.717) is 33.0 Å². The van der Waals surface area contributed by atoms with Crippen LogP contribution in [0.2, 0.25) is 0 Å². The Kier molecular flexibility index (Phi) is 11.7. The lowest BCUT2D eigenvalue weighted by atomic mass is 10.0.